The highest BCUT2D eigenvalue weighted by Gasteiger charge is 2.46. The van der Waals surface area contributed by atoms with Crippen LogP contribution in [-0.2, 0) is 4.79 Å². The molecule has 0 spiro atoms. The van der Waals surface area contributed by atoms with Crippen LogP contribution in [0.4, 0.5) is 0 Å². The summed E-state index contributed by atoms with van der Waals surface area (Å²) >= 11 is 0. The van der Waals surface area contributed by atoms with Crippen molar-refractivity contribution < 1.29 is 10.0 Å². The predicted octanol–water partition coefficient (Wildman–Crippen LogP) is 4.61. The van der Waals surface area contributed by atoms with Gasteiger partial charge in [-0.2, -0.15) is 5.06 Å². The summed E-state index contributed by atoms with van der Waals surface area (Å²) in [6, 6.07) is 0.0933. The molecular weight excluding hydrogens is 300 g/mol. The van der Waals surface area contributed by atoms with Crippen molar-refractivity contribution in [3.63, 3.8) is 0 Å². The predicted molar refractivity (Wildman–Crippen MR) is 100.0 cm³/mol. The van der Waals surface area contributed by atoms with Gasteiger partial charge in [0, 0.05) is 23.0 Å². The number of hydrogen-bond donors (Lipinski definition) is 2. The Morgan fingerprint density at radius 3 is 1.83 bits per heavy atom. The van der Waals surface area contributed by atoms with Crippen LogP contribution in [-0.4, -0.2) is 33.3 Å². The summed E-state index contributed by atoms with van der Waals surface area (Å²) in [4.78, 5) is 13.1. The van der Waals surface area contributed by atoms with Gasteiger partial charge in [0.1, 0.15) is 0 Å². The molecule has 0 aliphatic carbocycles. The molecule has 1 aliphatic rings. The summed E-state index contributed by atoms with van der Waals surface area (Å²) in [5.41, 5.74) is -0.649. The molecule has 1 aliphatic heterocycles. The second kappa shape index (κ2) is 6.60. The summed E-state index contributed by atoms with van der Waals surface area (Å²) in [7, 11) is 0. The maximum absolute atomic E-state index is 13.1. The SMILES string of the molecule is CC(C)(C)CC(C(=O)NC1CC(C)(C)N(O)C(C)(C)C1)C(C)(C)C. The Morgan fingerprint density at radius 2 is 1.50 bits per heavy atom. The van der Waals surface area contributed by atoms with E-state index in [0.29, 0.717) is 0 Å². The first kappa shape index (κ1) is 21.4. The zero-order valence-corrected chi connectivity index (χ0v) is 17.6. The second-order valence-corrected chi connectivity index (χ2v) is 11.2. The first-order valence-corrected chi connectivity index (χ1v) is 9.25. The third-order valence-electron chi connectivity index (χ3n) is 5.16. The fourth-order valence-electron chi connectivity index (χ4n) is 4.08. The minimum absolute atomic E-state index is 0.0177. The Bertz CT molecular complexity index is 437. The molecule has 0 bridgehead atoms. The lowest BCUT2D eigenvalue weighted by molar-refractivity contribution is -0.246. The van der Waals surface area contributed by atoms with E-state index >= 15 is 0 Å². The van der Waals surface area contributed by atoms with Crippen LogP contribution in [0, 0.1) is 16.7 Å². The van der Waals surface area contributed by atoms with Gasteiger partial charge in [0.05, 0.1) is 0 Å². The smallest absolute Gasteiger partial charge is 0.223 e. The summed E-state index contributed by atoms with van der Waals surface area (Å²) in [5, 5.41) is 15.2. The third kappa shape index (κ3) is 5.45. The van der Waals surface area contributed by atoms with Crippen LogP contribution >= 0.6 is 0 Å². The molecule has 4 heteroatoms. The topological polar surface area (TPSA) is 52.6 Å². The van der Waals surface area contributed by atoms with Crippen LogP contribution in [0.25, 0.3) is 0 Å². The molecular formula is C20H40N2O2. The van der Waals surface area contributed by atoms with Crippen molar-refractivity contribution in [1.82, 2.24) is 10.4 Å². The van der Waals surface area contributed by atoms with E-state index in [1.54, 1.807) is 0 Å². The fourth-order valence-corrected chi connectivity index (χ4v) is 4.08. The van der Waals surface area contributed by atoms with Crippen molar-refractivity contribution >= 4 is 5.91 Å². The lowest BCUT2D eigenvalue weighted by atomic mass is 9.71. The normalized spacial score (nSPS) is 23.8. The molecule has 1 unspecified atom stereocenters. The highest BCUT2D eigenvalue weighted by atomic mass is 16.5. The summed E-state index contributed by atoms with van der Waals surface area (Å²) in [5.74, 6) is 0.135. The minimum atomic E-state index is -0.346. The van der Waals surface area contributed by atoms with Gasteiger partial charge in [0.2, 0.25) is 5.91 Å². The molecule has 0 radical (unpaired) electrons. The van der Waals surface area contributed by atoms with E-state index in [-0.39, 0.29) is 39.8 Å². The van der Waals surface area contributed by atoms with Crippen molar-refractivity contribution in [3.05, 3.63) is 0 Å². The van der Waals surface area contributed by atoms with E-state index in [2.05, 4.69) is 46.9 Å². The molecule has 1 fully saturated rings. The molecule has 0 aromatic carbocycles. The van der Waals surface area contributed by atoms with Gasteiger partial charge in [0.15, 0.2) is 0 Å². The maximum atomic E-state index is 13.1. The molecule has 1 heterocycles. The molecule has 0 aromatic rings. The molecule has 1 atom stereocenters. The van der Waals surface area contributed by atoms with E-state index in [9.17, 15) is 10.0 Å². The van der Waals surface area contributed by atoms with Gasteiger partial charge in [-0.25, -0.2) is 0 Å². The van der Waals surface area contributed by atoms with Crippen LogP contribution in [0.3, 0.4) is 0 Å². The summed E-state index contributed by atoms with van der Waals surface area (Å²) < 4.78 is 0. The second-order valence-electron chi connectivity index (χ2n) is 11.2. The third-order valence-corrected chi connectivity index (χ3v) is 5.16. The Morgan fingerprint density at radius 1 is 1.08 bits per heavy atom. The molecule has 1 amide bonds. The number of piperidine rings is 1. The lowest BCUT2D eigenvalue weighted by Crippen LogP contribution is -2.63. The Hall–Kier alpha value is -0.610. The van der Waals surface area contributed by atoms with E-state index in [4.69, 9.17) is 0 Å². The van der Waals surface area contributed by atoms with Crippen molar-refractivity contribution in [2.45, 2.75) is 106 Å². The van der Waals surface area contributed by atoms with Gasteiger partial charge in [-0.3, -0.25) is 4.79 Å². The van der Waals surface area contributed by atoms with Gasteiger partial charge in [-0.15, -0.1) is 0 Å². The minimum Gasteiger partial charge on any atom is -0.353 e. The molecule has 0 aromatic heterocycles. The number of rotatable bonds is 3. The average molecular weight is 341 g/mol. The standard InChI is InChI=1S/C20H40N2O2/c1-17(2,3)13-15(18(4,5)6)16(23)21-14-11-19(7,8)22(24)20(9,10)12-14/h14-15,24H,11-13H2,1-10H3,(H,21,23). The van der Waals surface area contributed by atoms with Crippen LogP contribution in [0.2, 0.25) is 0 Å². The number of hydrogen-bond acceptors (Lipinski definition) is 3. The fraction of sp³-hybridized carbons (Fsp3) is 0.950. The number of hydroxylamine groups is 2. The van der Waals surface area contributed by atoms with Crippen LogP contribution in [0.5, 0.6) is 0 Å². The average Bonchev–Trinajstić information content (AvgIpc) is 2.29. The Balaban J connectivity index is 2.91. The number of carbonyl (C=O) groups is 1. The maximum Gasteiger partial charge on any atom is 0.223 e. The zero-order chi connectivity index (χ0) is 19.1. The van der Waals surface area contributed by atoms with Gasteiger partial charge >= 0.3 is 0 Å². The summed E-state index contributed by atoms with van der Waals surface area (Å²) in [6.45, 7) is 21.1. The van der Waals surface area contributed by atoms with Crippen molar-refractivity contribution in [2.75, 3.05) is 0 Å². The highest BCUT2D eigenvalue weighted by Crippen LogP contribution is 2.39. The lowest BCUT2D eigenvalue weighted by Gasteiger charge is -2.51. The van der Waals surface area contributed by atoms with Crippen molar-refractivity contribution in [2.24, 2.45) is 16.7 Å². The number of nitrogens with one attached hydrogen (secondary N) is 1. The van der Waals surface area contributed by atoms with E-state index in [1.807, 2.05) is 27.7 Å². The monoisotopic (exact) mass is 340 g/mol. The number of carbonyl (C=O) groups excluding carboxylic acids is 1. The quantitative estimate of drug-likeness (QED) is 0.788. The van der Waals surface area contributed by atoms with Gasteiger partial charge in [-0.1, -0.05) is 41.5 Å². The van der Waals surface area contributed by atoms with Crippen LogP contribution < -0.4 is 5.32 Å². The molecule has 4 nitrogen and oxygen atoms in total. The zero-order valence-electron chi connectivity index (χ0n) is 17.6. The largest absolute Gasteiger partial charge is 0.353 e. The van der Waals surface area contributed by atoms with E-state index in [0.717, 1.165) is 19.3 Å². The first-order valence-electron chi connectivity index (χ1n) is 9.25. The van der Waals surface area contributed by atoms with E-state index in [1.165, 1.54) is 5.06 Å². The van der Waals surface area contributed by atoms with Gasteiger partial charge < -0.3 is 10.5 Å². The van der Waals surface area contributed by atoms with Crippen LogP contribution in [0.15, 0.2) is 0 Å². The number of amides is 1. The van der Waals surface area contributed by atoms with Crippen molar-refractivity contribution in [3.8, 4) is 0 Å². The Kier molecular flexibility index (Phi) is 5.90. The van der Waals surface area contributed by atoms with Gasteiger partial charge in [-0.05, 0) is 57.8 Å². The molecule has 1 rings (SSSR count). The summed E-state index contributed by atoms with van der Waals surface area (Å²) in [6.07, 6.45) is 2.38. The number of nitrogens with zero attached hydrogens (tertiary/aromatic N) is 1. The first-order chi connectivity index (χ1) is 10.5. The molecule has 142 valence electrons. The molecule has 2 N–H and O–H groups in total. The molecule has 0 saturated carbocycles. The Labute approximate surface area is 149 Å². The molecule has 24 heavy (non-hydrogen) atoms. The van der Waals surface area contributed by atoms with Crippen LogP contribution in [0.1, 0.15) is 88.5 Å². The highest BCUT2D eigenvalue weighted by molar-refractivity contribution is 5.79. The molecule has 1 saturated heterocycles. The van der Waals surface area contributed by atoms with Crippen molar-refractivity contribution in [1.29, 1.82) is 0 Å². The van der Waals surface area contributed by atoms with Gasteiger partial charge in [0.25, 0.3) is 0 Å². The van der Waals surface area contributed by atoms with E-state index < -0.39 is 0 Å².